The molecule has 0 aliphatic heterocycles. The maximum atomic E-state index is 12.6. The third kappa shape index (κ3) is 6.02. The Morgan fingerprint density at radius 1 is 1.22 bits per heavy atom. The monoisotopic (exact) mass is 541 g/mol. The molecule has 0 radical (unpaired) electrons. The molecule has 1 aliphatic carbocycles. The summed E-state index contributed by atoms with van der Waals surface area (Å²) in [6.45, 7) is 0.221. The normalized spacial score (nSPS) is 14.2. The smallest absolute Gasteiger partial charge is 0.262 e. The Balaban J connectivity index is 1.79. The Kier molecular flexibility index (Phi) is 8.52. The minimum Gasteiger partial charge on any atom is -0.493 e. The molecule has 0 aromatic heterocycles. The summed E-state index contributed by atoms with van der Waals surface area (Å²) in [6, 6.07) is 15.1. The quantitative estimate of drug-likeness (QED) is 0.299. The van der Waals surface area contributed by atoms with Gasteiger partial charge in [-0.25, -0.2) is 0 Å². The van der Waals surface area contributed by atoms with Crippen molar-refractivity contribution in [2.24, 2.45) is 0 Å². The van der Waals surface area contributed by atoms with Crippen molar-refractivity contribution in [1.82, 2.24) is 5.32 Å². The van der Waals surface area contributed by atoms with Gasteiger partial charge in [0.15, 0.2) is 11.5 Å². The third-order valence-corrected chi connectivity index (χ3v) is 6.18. The van der Waals surface area contributed by atoms with Gasteiger partial charge in [0.2, 0.25) is 0 Å². The number of nitrogens with zero attached hydrogens (tertiary/aromatic N) is 2. The molecule has 1 fully saturated rings. The van der Waals surface area contributed by atoms with Gasteiger partial charge in [-0.3, -0.25) is 4.79 Å². The molecule has 2 aromatic carbocycles. The molecule has 3 rings (SSSR count). The first kappa shape index (κ1) is 23.6. The molecule has 0 heterocycles. The molecule has 0 atom stereocenters. The van der Waals surface area contributed by atoms with Crippen LogP contribution in [0.15, 0.2) is 42.0 Å². The summed E-state index contributed by atoms with van der Waals surface area (Å²) in [5.41, 5.74) is 2.07. The summed E-state index contributed by atoms with van der Waals surface area (Å²) < 4.78 is 12.2. The highest BCUT2D eigenvalue weighted by molar-refractivity contribution is 14.1. The van der Waals surface area contributed by atoms with Crippen LogP contribution < -0.4 is 14.8 Å². The molecule has 6 nitrogen and oxygen atoms in total. The van der Waals surface area contributed by atoms with E-state index in [0.29, 0.717) is 22.6 Å². The molecule has 0 unspecified atom stereocenters. The van der Waals surface area contributed by atoms with Crippen LogP contribution in [0.1, 0.15) is 48.8 Å². The molecule has 164 valence electrons. The van der Waals surface area contributed by atoms with Crippen molar-refractivity contribution in [1.29, 1.82) is 10.5 Å². The van der Waals surface area contributed by atoms with Crippen LogP contribution in [0.3, 0.4) is 0 Å². The second-order valence-electron chi connectivity index (χ2n) is 7.57. The van der Waals surface area contributed by atoms with Crippen molar-refractivity contribution >= 4 is 34.6 Å². The number of halogens is 1. The minimum atomic E-state index is -0.346. The first-order valence-electron chi connectivity index (χ1n) is 10.5. The van der Waals surface area contributed by atoms with Crippen LogP contribution in [0.5, 0.6) is 11.5 Å². The van der Waals surface area contributed by atoms with Gasteiger partial charge in [0.25, 0.3) is 5.91 Å². The molecule has 0 bridgehead atoms. The van der Waals surface area contributed by atoms with E-state index in [1.165, 1.54) is 13.5 Å². The summed E-state index contributed by atoms with van der Waals surface area (Å²) in [4.78, 5) is 12.6. The Morgan fingerprint density at radius 3 is 2.66 bits per heavy atom. The summed E-state index contributed by atoms with van der Waals surface area (Å²) in [7, 11) is 1.54. The van der Waals surface area contributed by atoms with Crippen molar-refractivity contribution in [3.8, 4) is 23.6 Å². The first-order valence-corrected chi connectivity index (χ1v) is 11.5. The van der Waals surface area contributed by atoms with E-state index in [4.69, 9.17) is 9.47 Å². The van der Waals surface area contributed by atoms with Crippen LogP contribution in [0, 0.1) is 26.2 Å². The molecular weight excluding hydrogens is 517 g/mol. The highest BCUT2D eigenvalue weighted by Gasteiger charge is 2.19. The van der Waals surface area contributed by atoms with Crippen molar-refractivity contribution in [3.05, 3.63) is 62.2 Å². The Labute approximate surface area is 202 Å². The van der Waals surface area contributed by atoms with E-state index in [0.717, 1.165) is 34.8 Å². The van der Waals surface area contributed by atoms with Gasteiger partial charge in [-0.2, -0.15) is 10.5 Å². The van der Waals surface area contributed by atoms with Gasteiger partial charge in [-0.15, -0.1) is 0 Å². The fraction of sp³-hybridized carbons (Fsp3) is 0.320. The van der Waals surface area contributed by atoms with Gasteiger partial charge in [0.1, 0.15) is 18.2 Å². The van der Waals surface area contributed by atoms with E-state index in [9.17, 15) is 15.3 Å². The summed E-state index contributed by atoms with van der Waals surface area (Å²) in [6.07, 6.45) is 6.88. The minimum absolute atomic E-state index is 0.0602. The number of hydrogen-bond donors (Lipinski definition) is 1. The van der Waals surface area contributed by atoms with E-state index >= 15 is 0 Å². The van der Waals surface area contributed by atoms with E-state index < -0.39 is 0 Å². The van der Waals surface area contributed by atoms with Crippen LogP contribution >= 0.6 is 22.6 Å². The fourth-order valence-corrected chi connectivity index (χ4v) is 4.47. The predicted molar refractivity (Wildman–Crippen MR) is 130 cm³/mol. The molecule has 1 aliphatic rings. The molecule has 32 heavy (non-hydrogen) atoms. The Hall–Kier alpha value is -3.04. The van der Waals surface area contributed by atoms with Gasteiger partial charge in [0, 0.05) is 11.6 Å². The zero-order valence-electron chi connectivity index (χ0n) is 17.9. The lowest BCUT2D eigenvalue weighted by Crippen LogP contribution is -2.36. The molecule has 0 spiro atoms. The predicted octanol–water partition coefficient (Wildman–Crippen LogP) is 5.11. The molecular formula is C25H24IN3O3. The van der Waals surface area contributed by atoms with E-state index in [2.05, 4.69) is 34.0 Å². The van der Waals surface area contributed by atoms with Crippen LogP contribution in [-0.2, 0) is 11.4 Å². The van der Waals surface area contributed by atoms with Crippen molar-refractivity contribution < 1.29 is 14.3 Å². The lowest BCUT2D eigenvalue weighted by atomic mass is 9.95. The number of hydrogen-bond acceptors (Lipinski definition) is 5. The molecule has 1 N–H and O–H groups in total. The SMILES string of the molecule is COc1cc(C=C(C#N)C(=O)NC2CCCCC2)cc(I)c1OCc1ccccc1C#N. The highest BCUT2D eigenvalue weighted by atomic mass is 127. The third-order valence-electron chi connectivity index (χ3n) is 5.38. The fourth-order valence-electron chi connectivity index (χ4n) is 3.69. The van der Waals surface area contributed by atoms with Crippen LogP contribution in [0.2, 0.25) is 0 Å². The molecule has 7 heteroatoms. The maximum Gasteiger partial charge on any atom is 0.262 e. The van der Waals surface area contributed by atoms with Crippen LogP contribution in [0.4, 0.5) is 0 Å². The summed E-state index contributed by atoms with van der Waals surface area (Å²) in [5, 5.41) is 21.8. The van der Waals surface area contributed by atoms with Gasteiger partial charge >= 0.3 is 0 Å². The summed E-state index contributed by atoms with van der Waals surface area (Å²) >= 11 is 2.13. The second-order valence-corrected chi connectivity index (χ2v) is 8.73. The Bertz CT molecular complexity index is 1090. The zero-order valence-corrected chi connectivity index (χ0v) is 20.0. The number of amides is 1. The first-order chi connectivity index (χ1) is 15.5. The molecule has 1 saturated carbocycles. The Morgan fingerprint density at radius 2 is 1.97 bits per heavy atom. The average molecular weight is 541 g/mol. The average Bonchev–Trinajstić information content (AvgIpc) is 2.82. The number of rotatable bonds is 7. The summed E-state index contributed by atoms with van der Waals surface area (Å²) in [5.74, 6) is 0.688. The largest absolute Gasteiger partial charge is 0.493 e. The lowest BCUT2D eigenvalue weighted by molar-refractivity contribution is -0.117. The van der Waals surface area contributed by atoms with E-state index in [-0.39, 0.29) is 24.1 Å². The number of nitriles is 2. The standard InChI is InChI=1S/C25H24IN3O3/c1-31-23-13-17(11-20(15-28)25(30)29-21-9-3-2-4-10-21)12-22(26)24(23)32-16-19-8-6-5-7-18(19)14-27/h5-8,11-13,21H,2-4,9-10,16H2,1H3,(H,29,30). The van der Waals surface area contributed by atoms with Crippen LogP contribution in [-0.4, -0.2) is 19.1 Å². The number of nitrogens with one attached hydrogen (secondary N) is 1. The van der Waals surface area contributed by atoms with E-state index in [1.807, 2.05) is 30.3 Å². The van der Waals surface area contributed by atoms with Gasteiger partial charge in [0.05, 0.1) is 22.3 Å². The lowest BCUT2D eigenvalue weighted by Gasteiger charge is -2.22. The van der Waals surface area contributed by atoms with Crippen molar-refractivity contribution in [2.75, 3.05) is 7.11 Å². The number of ether oxygens (including phenoxy) is 2. The van der Waals surface area contributed by atoms with Crippen molar-refractivity contribution in [2.45, 2.75) is 44.8 Å². The zero-order chi connectivity index (χ0) is 22.9. The molecule has 0 saturated heterocycles. The topological polar surface area (TPSA) is 95.1 Å². The van der Waals surface area contributed by atoms with Gasteiger partial charge < -0.3 is 14.8 Å². The maximum absolute atomic E-state index is 12.6. The number of carbonyl (C=O) groups is 1. The molecule has 1 amide bonds. The number of benzene rings is 2. The number of methoxy groups -OCH3 is 1. The van der Waals surface area contributed by atoms with Crippen molar-refractivity contribution in [3.63, 3.8) is 0 Å². The van der Waals surface area contributed by atoms with E-state index in [1.54, 1.807) is 18.2 Å². The molecule has 2 aromatic rings. The van der Waals surface area contributed by atoms with Gasteiger partial charge in [-0.1, -0.05) is 37.5 Å². The number of carbonyl (C=O) groups excluding carboxylic acids is 1. The van der Waals surface area contributed by atoms with Crippen LogP contribution in [0.25, 0.3) is 6.08 Å². The highest BCUT2D eigenvalue weighted by Crippen LogP contribution is 2.35. The second kappa shape index (κ2) is 11.5. The van der Waals surface area contributed by atoms with Gasteiger partial charge in [-0.05, 0) is 65.3 Å².